The first-order chi connectivity index (χ1) is 9.43. The molecule has 20 heavy (non-hydrogen) atoms. The summed E-state index contributed by atoms with van der Waals surface area (Å²) in [5, 5.41) is 19.2. The largest absolute Gasteiger partial charge is 0.507 e. The number of benzene rings is 2. The average molecular weight is 313 g/mol. The van der Waals surface area contributed by atoms with Gasteiger partial charge in [-0.05, 0) is 23.8 Å². The summed E-state index contributed by atoms with van der Waals surface area (Å²) in [5.41, 5.74) is 0.889. The maximum absolute atomic E-state index is 11.0. The van der Waals surface area contributed by atoms with Gasteiger partial charge in [-0.3, -0.25) is 0 Å². The van der Waals surface area contributed by atoms with E-state index in [1.54, 1.807) is 18.2 Å². The van der Waals surface area contributed by atoms with E-state index in [9.17, 15) is 9.90 Å². The van der Waals surface area contributed by atoms with Crippen molar-refractivity contribution in [1.82, 2.24) is 0 Å². The third kappa shape index (κ3) is 2.66. The molecule has 0 aromatic heterocycles. The van der Waals surface area contributed by atoms with Crippen molar-refractivity contribution in [3.8, 4) is 22.6 Å². The number of halogens is 2. The summed E-state index contributed by atoms with van der Waals surface area (Å²) >= 11 is 12.2. The van der Waals surface area contributed by atoms with Crippen molar-refractivity contribution >= 4 is 29.2 Å². The molecule has 0 bridgehead atoms. The van der Waals surface area contributed by atoms with Crippen LogP contribution in [0.4, 0.5) is 0 Å². The number of hydrogen-bond donors (Lipinski definition) is 2. The van der Waals surface area contributed by atoms with Gasteiger partial charge in [-0.15, -0.1) is 0 Å². The van der Waals surface area contributed by atoms with Crippen molar-refractivity contribution in [2.75, 3.05) is 7.11 Å². The lowest BCUT2D eigenvalue weighted by molar-refractivity contribution is 0.0694. The number of rotatable bonds is 3. The topological polar surface area (TPSA) is 66.8 Å². The number of hydrogen-bond acceptors (Lipinski definition) is 3. The smallest absolute Gasteiger partial charge is 0.339 e. The highest BCUT2D eigenvalue weighted by Crippen LogP contribution is 2.37. The minimum atomic E-state index is -1.22. The molecule has 0 fully saturated rings. The molecule has 4 nitrogen and oxygen atoms in total. The molecule has 0 aliphatic heterocycles. The molecule has 0 saturated heterocycles. The quantitative estimate of drug-likeness (QED) is 0.896. The van der Waals surface area contributed by atoms with E-state index in [0.29, 0.717) is 26.9 Å². The van der Waals surface area contributed by atoms with E-state index in [0.717, 1.165) is 0 Å². The molecule has 2 aromatic carbocycles. The van der Waals surface area contributed by atoms with Crippen molar-refractivity contribution in [2.45, 2.75) is 0 Å². The third-order valence-corrected chi connectivity index (χ3v) is 3.39. The van der Waals surface area contributed by atoms with Gasteiger partial charge in [0.05, 0.1) is 17.2 Å². The number of aromatic hydroxyl groups is 1. The zero-order valence-corrected chi connectivity index (χ0v) is 11.9. The SMILES string of the molecule is COc1cc(Cl)c(-c2ccc(O)c(C(=O)O)c2)cc1Cl. The van der Waals surface area contributed by atoms with Crippen LogP contribution in [0.25, 0.3) is 11.1 Å². The molecule has 0 radical (unpaired) electrons. The molecule has 104 valence electrons. The zero-order valence-electron chi connectivity index (χ0n) is 10.4. The first-order valence-electron chi connectivity index (χ1n) is 5.53. The second kappa shape index (κ2) is 5.61. The lowest BCUT2D eigenvalue weighted by Crippen LogP contribution is -1.97. The normalized spacial score (nSPS) is 10.3. The van der Waals surface area contributed by atoms with Crippen LogP contribution in [0, 0.1) is 0 Å². The molecule has 0 amide bonds. The Hall–Kier alpha value is -1.91. The Bertz CT molecular complexity index is 683. The zero-order chi connectivity index (χ0) is 14.9. The fourth-order valence-electron chi connectivity index (χ4n) is 1.78. The second-order valence-electron chi connectivity index (χ2n) is 4.00. The highest BCUT2D eigenvalue weighted by atomic mass is 35.5. The highest BCUT2D eigenvalue weighted by Gasteiger charge is 2.14. The number of carboxylic acids is 1. The standard InChI is InChI=1S/C14H10Cl2O4/c1-20-13-6-10(15)8(5-11(13)16)7-2-3-12(17)9(4-7)14(18)19/h2-6,17H,1H3,(H,18,19). The number of carboxylic acid groups (broad SMARTS) is 1. The van der Waals surface area contributed by atoms with Crippen LogP contribution in [0.5, 0.6) is 11.5 Å². The van der Waals surface area contributed by atoms with E-state index in [-0.39, 0.29) is 11.3 Å². The van der Waals surface area contributed by atoms with Gasteiger partial charge in [0.15, 0.2) is 0 Å². The molecule has 0 saturated carbocycles. The monoisotopic (exact) mass is 312 g/mol. The summed E-state index contributed by atoms with van der Waals surface area (Å²) in [6, 6.07) is 7.33. The molecule has 0 unspecified atom stereocenters. The van der Waals surface area contributed by atoms with Gasteiger partial charge in [-0.25, -0.2) is 4.79 Å². The molecule has 0 atom stereocenters. The molecule has 6 heteroatoms. The van der Waals surface area contributed by atoms with Gasteiger partial charge in [0.1, 0.15) is 17.1 Å². The van der Waals surface area contributed by atoms with Crippen LogP contribution in [0.2, 0.25) is 10.0 Å². The van der Waals surface area contributed by atoms with E-state index >= 15 is 0 Å². The first kappa shape index (κ1) is 14.5. The summed E-state index contributed by atoms with van der Waals surface area (Å²) in [6.07, 6.45) is 0. The maximum atomic E-state index is 11.0. The van der Waals surface area contributed by atoms with Gasteiger partial charge in [0.25, 0.3) is 0 Å². The van der Waals surface area contributed by atoms with E-state index < -0.39 is 5.97 Å². The molecule has 0 aliphatic carbocycles. The Kier molecular flexibility index (Phi) is 4.06. The highest BCUT2D eigenvalue weighted by molar-refractivity contribution is 6.36. The Morgan fingerprint density at radius 1 is 1.15 bits per heavy atom. The number of phenols is 1. The van der Waals surface area contributed by atoms with Gasteiger partial charge >= 0.3 is 5.97 Å². The maximum Gasteiger partial charge on any atom is 0.339 e. The molecule has 2 rings (SSSR count). The Morgan fingerprint density at radius 2 is 1.85 bits per heavy atom. The van der Waals surface area contributed by atoms with Crippen LogP contribution in [-0.2, 0) is 0 Å². The first-order valence-corrected chi connectivity index (χ1v) is 6.29. The van der Waals surface area contributed by atoms with Crippen molar-refractivity contribution in [2.24, 2.45) is 0 Å². The van der Waals surface area contributed by atoms with Crippen molar-refractivity contribution in [1.29, 1.82) is 0 Å². The fourth-order valence-corrected chi connectivity index (χ4v) is 2.28. The van der Waals surface area contributed by atoms with Crippen molar-refractivity contribution in [3.63, 3.8) is 0 Å². The Morgan fingerprint density at radius 3 is 2.45 bits per heavy atom. The van der Waals surface area contributed by atoms with Gasteiger partial charge in [0.2, 0.25) is 0 Å². The van der Waals surface area contributed by atoms with Crippen LogP contribution in [0.15, 0.2) is 30.3 Å². The van der Waals surface area contributed by atoms with E-state index in [1.807, 2.05) is 0 Å². The van der Waals surface area contributed by atoms with Gasteiger partial charge in [-0.2, -0.15) is 0 Å². The van der Waals surface area contributed by atoms with E-state index in [1.165, 1.54) is 19.2 Å². The minimum Gasteiger partial charge on any atom is -0.507 e. The van der Waals surface area contributed by atoms with E-state index in [4.69, 9.17) is 33.0 Å². The van der Waals surface area contributed by atoms with Crippen LogP contribution in [0.1, 0.15) is 10.4 Å². The summed E-state index contributed by atoms with van der Waals surface area (Å²) in [4.78, 5) is 11.0. The van der Waals surface area contributed by atoms with E-state index in [2.05, 4.69) is 0 Å². The molecule has 2 N–H and O–H groups in total. The number of aromatic carboxylic acids is 1. The lowest BCUT2D eigenvalue weighted by atomic mass is 10.0. The summed E-state index contributed by atoms with van der Waals surface area (Å²) in [5.74, 6) is -1.10. The van der Waals surface area contributed by atoms with Crippen molar-refractivity contribution < 1.29 is 19.7 Å². The fraction of sp³-hybridized carbons (Fsp3) is 0.0714. The Balaban J connectivity index is 2.60. The number of carbonyl (C=O) groups is 1. The molecule has 0 spiro atoms. The predicted octanol–water partition coefficient (Wildman–Crippen LogP) is 4.07. The number of ether oxygens (including phenoxy) is 1. The lowest BCUT2D eigenvalue weighted by Gasteiger charge is -2.10. The molecule has 2 aromatic rings. The van der Waals surface area contributed by atoms with Crippen molar-refractivity contribution in [3.05, 3.63) is 45.9 Å². The summed E-state index contributed by atoms with van der Waals surface area (Å²) < 4.78 is 5.05. The summed E-state index contributed by atoms with van der Waals surface area (Å²) in [6.45, 7) is 0. The summed E-state index contributed by atoms with van der Waals surface area (Å²) in [7, 11) is 1.47. The molecular formula is C14H10Cl2O4. The second-order valence-corrected chi connectivity index (χ2v) is 4.82. The molecular weight excluding hydrogens is 303 g/mol. The minimum absolute atomic E-state index is 0.203. The molecule has 0 heterocycles. The van der Waals surface area contributed by atoms with Crippen LogP contribution >= 0.6 is 23.2 Å². The average Bonchev–Trinajstić information content (AvgIpc) is 2.41. The van der Waals surface area contributed by atoms with Gasteiger partial charge in [0, 0.05) is 11.6 Å². The predicted molar refractivity (Wildman–Crippen MR) is 77.1 cm³/mol. The van der Waals surface area contributed by atoms with Gasteiger partial charge < -0.3 is 14.9 Å². The van der Waals surface area contributed by atoms with Gasteiger partial charge in [-0.1, -0.05) is 29.3 Å². The Labute approximate surface area is 125 Å². The van der Waals surface area contributed by atoms with Crippen LogP contribution in [-0.4, -0.2) is 23.3 Å². The third-order valence-electron chi connectivity index (χ3n) is 2.78. The van der Waals surface area contributed by atoms with Crippen LogP contribution in [0.3, 0.4) is 0 Å². The van der Waals surface area contributed by atoms with Crippen LogP contribution < -0.4 is 4.74 Å². The molecule has 0 aliphatic rings. The number of methoxy groups -OCH3 is 1.